The van der Waals surface area contributed by atoms with E-state index in [4.69, 9.17) is 34.8 Å². The first-order valence-corrected chi connectivity index (χ1v) is 17.7. The van der Waals surface area contributed by atoms with E-state index in [1.807, 2.05) is 18.7 Å². The summed E-state index contributed by atoms with van der Waals surface area (Å²) < 4.78 is 31.2. The first-order chi connectivity index (χ1) is 24.2. The summed E-state index contributed by atoms with van der Waals surface area (Å²) in [7, 11) is 2.53. The summed E-state index contributed by atoms with van der Waals surface area (Å²) in [5.41, 5.74) is 0. The highest BCUT2D eigenvalue weighted by atomic mass is 16.6. The fraction of sp³-hybridized carbons (Fsp3) is 0.800. The zero-order chi connectivity index (χ0) is 37.0. The molecule has 0 spiro atoms. The smallest absolute Gasteiger partial charge is 0.328 e. The Morgan fingerprint density at radius 3 is 1.72 bits per heavy atom. The zero-order valence-corrected chi connectivity index (χ0v) is 30.5. The second kappa shape index (κ2) is 28.4. The number of rotatable bonds is 28. The highest BCUT2D eigenvalue weighted by Crippen LogP contribution is 2.14. The van der Waals surface area contributed by atoms with Gasteiger partial charge in [-0.05, 0) is 12.8 Å². The predicted molar refractivity (Wildman–Crippen MR) is 185 cm³/mol. The van der Waals surface area contributed by atoms with Crippen LogP contribution < -0.4 is 10.6 Å². The third-order valence-electron chi connectivity index (χ3n) is 8.08. The third kappa shape index (κ3) is 19.8. The van der Waals surface area contributed by atoms with Gasteiger partial charge in [-0.15, -0.1) is 6.42 Å². The molecule has 50 heavy (non-hydrogen) atoms. The summed E-state index contributed by atoms with van der Waals surface area (Å²) in [5.74, 6) is -0.467. The molecular weight excluding hydrogens is 652 g/mol. The van der Waals surface area contributed by atoms with Gasteiger partial charge in [0.15, 0.2) is 0 Å². The largest absolute Gasteiger partial charge is 0.467 e. The summed E-state index contributed by atoms with van der Waals surface area (Å²) in [4.78, 5) is 68.0. The predicted octanol–water partition coefficient (Wildman–Crippen LogP) is 0.923. The number of methoxy groups -OCH3 is 2. The zero-order valence-electron chi connectivity index (χ0n) is 30.5. The lowest BCUT2D eigenvalue weighted by Crippen LogP contribution is -2.53. The van der Waals surface area contributed by atoms with E-state index in [1.54, 1.807) is 4.90 Å². The molecule has 1 aliphatic heterocycles. The van der Waals surface area contributed by atoms with E-state index in [2.05, 4.69) is 16.6 Å². The highest BCUT2D eigenvalue weighted by molar-refractivity contribution is 5.90. The fourth-order valence-electron chi connectivity index (χ4n) is 5.21. The first kappa shape index (κ1) is 44.7. The van der Waals surface area contributed by atoms with Crippen molar-refractivity contribution in [2.75, 3.05) is 99.8 Å². The molecule has 3 amide bonds. The Labute approximate surface area is 297 Å². The Morgan fingerprint density at radius 2 is 1.22 bits per heavy atom. The molecular formula is C35H60N4O11. The number of amides is 3. The minimum Gasteiger partial charge on any atom is -0.467 e. The number of esters is 2. The van der Waals surface area contributed by atoms with Crippen LogP contribution in [-0.4, -0.2) is 151 Å². The van der Waals surface area contributed by atoms with Crippen LogP contribution in [0, 0.1) is 18.3 Å². The number of nitrogens with one attached hydrogen (secondary N) is 2. The molecule has 0 aromatic heterocycles. The van der Waals surface area contributed by atoms with Crippen LogP contribution >= 0.6 is 0 Å². The summed E-state index contributed by atoms with van der Waals surface area (Å²) in [6.07, 6.45) is 9.06. The van der Waals surface area contributed by atoms with E-state index < -0.39 is 41.8 Å². The lowest BCUT2D eigenvalue weighted by Gasteiger charge is -2.36. The maximum atomic E-state index is 13.5. The number of unbranched alkanes of at least 4 members (excludes halogenated alkanes) is 2. The van der Waals surface area contributed by atoms with Crippen LogP contribution in [0.4, 0.5) is 0 Å². The van der Waals surface area contributed by atoms with Crippen molar-refractivity contribution in [3.05, 3.63) is 0 Å². The van der Waals surface area contributed by atoms with Crippen molar-refractivity contribution in [3.63, 3.8) is 0 Å². The van der Waals surface area contributed by atoms with Crippen LogP contribution in [0.15, 0.2) is 0 Å². The molecule has 0 bridgehead atoms. The van der Waals surface area contributed by atoms with E-state index in [0.717, 1.165) is 12.8 Å². The van der Waals surface area contributed by atoms with Crippen molar-refractivity contribution < 1.29 is 52.4 Å². The second-order valence-corrected chi connectivity index (χ2v) is 11.9. The van der Waals surface area contributed by atoms with Crippen molar-refractivity contribution in [2.24, 2.45) is 5.92 Å². The summed E-state index contributed by atoms with van der Waals surface area (Å²) in [5, 5.41) is 5.52. The van der Waals surface area contributed by atoms with Gasteiger partial charge < -0.3 is 44.0 Å². The second-order valence-electron chi connectivity index (χ2n) is 11.9. The average molecular weight is 713 g/mol. The van der Waals surface area contributed by atoms with Crippen LogP contribution in [0.5, 0.6) is 0 Å². The number of piperazine rings is 1. The van der Waals surface area contributed by atoms with Crippen molar-refractivity contribution in [3.8, 4) is 12.3 Å². The molecule has 1 heterocycles. The minimum atomic E-state index is -0.835. The van der Waals surface area contributed by atoms with E-state index in [-0.39, 0.29) is 38.5 Å². The SMILES string of the molecule is C#CCOCCOCCOCCOCCC(=O)N1CCN(CC(CC(=O)N[C@@H](CCCC)C(=O)OC)C(=O)N[C@@H](CCCC)C(=O)OC)CC1. The van der Waals surface area contributed by atoms with Gasteiger partial charge in [0.2, 0.25) is 17.7 Å². The van der Waals surface area contributed by atoms with Gasteiger partial charge in [0.05, 0.1) is 72.8 Å². The topological polar surface area (TPSA) is 171 Å². The third-order valence-corrected chi connectivity index (χ3v) is 8.08. The average Bonchev–Trinajstić information content (AvgIpc) is 3.12. The number of carbonyl (C=O) groups excluding carboxylic acids is 5. The van der Waals surface area contributed by atoms with Crippen LogP contribution in [-0.2, 0) is 52.4 Å². The summed E-state index contributed by atoms with van der Waals surface area (Å²) >= 11 is 0. The van der Waals surface area contributed by atoms with Gasteiger partial charge in [-0.25, -0.2) is 9.59 Å². The number of hydrogen-bond acceptors (Lipinski definition) is 12. The summed E-state index contributed by atoms with van der Waals surface area (Å²) in [6, 6.07) is -1.65. The molecule has 0 aromatic carbocycles. The maximum absolute atomic E-state index is 13.5. The molecule has 0 aromatic rings. The van der Waals surface area contributed by atoms with E-state index >= 15 is 0 Å². The van der Waals surface area contributed by atoms with Gasteiger partial charge in [-0.1, -0.05) is 45.5 Å². The van der Waals surface area contributed by atoms with E-state index in [0.29, 0.717) is 91.5 Å². The normalized spacial score (nSPS) is 15.0. The quantitative estimate of drug-likeness (QED) is 0.0669. The maximum Gasteiger partial charge on any atom is 0.328 e. The van der Waals surface area contributed by atoms with Crippen molar-refractivity contribution >= 4 is 29.7 Å². The van der Waals surface area contributed by atoms with Crippen LogP contribution in [0.1, 0.15) is 65.2 Å². The molecule has 0 saturated carbocycles. The molecule has 15 nitrogen and oxygen atoms in total. The fourth-order valence-corrected chi connectivity index (χ4v) is 5.21. The van der Waals surface area contributed by atoms with Gasteiger partial charge in [0.25, 0.3) is 0 Å². The summed E-state index contributed by atoms with van der Waals surface area (Å²) in [6.45, 7) is 9.13. The molecule has 3 atom stereocenters. The first-order valence-electron chi connectivity index (χ1n) is 17.7. The number of ether oxygens (including phenoxy) is 6. The molecule has 0 aliphatic carbocycles. The van der Waals surface area contributed by atoms with Gasteiger partial charge >= 0.3 is 11.9 Å². The van der Waals surface area contributed by atoms with Crippen molar-refractivity contribution in [1.82, 2.24) is 20.4 Å². The molecule has 0 radical (unpaired) electrons. The molecule has 1 fully saturated rings. The molecule has 1 rings (SSSR count). The Kier molecular flexibility index (Phi) is 25.4. The Balaban J connectivity index is 2.62. The van der Waals surface area contributed by atoms with Crippen molar-refractivity contribution in [1.29, 1.82) is 0 Å². The Hall–Kier alpha value is -3.29. The van der Waals surface area contributed by atoms with Gasteiger partial charge in [-0.2, -0.15) is 0 Å². The molecule has 1 saturated heterocycles. The number of carbonyl (C=O) groups is 5. The van der Waals surface area contributed by atoms with E-state index in [1.165, 1.54) is 14.2 Å². The molecule has 286 valence electrons. The van der Waals surface area contributed by atoms with Crippen LogP contribution in [0.25, 0.3) is 0 Å². The van der Waals surface area contributed by atoms with Crippen molar-refractivity contribution in [2.45, 2.75) is 77.3 Å². The van der Waals surface area contributed by atoms with Gasteiger partial charge in [-0.3, -0.25) is 19.3 Å². The number of hydrogen-bond donors (Lipinski definition) is 2. The Bertz CT molecular complexity index is 1030. The molecule has 1 aliphatic rings. The number of nitrogens with zero attached hydrogens (tertiary/aromatic N) is 2. The molecule has 15 heteroatoms. The lowest BCUT2D eigenvalue weighted by molar-refractivity contribution is -0.147. The minimum absolute atomic E-state index is 0.0301. The van der Waals surface area contributed by atoms with E-state index in [9.17, 15) is 24.0 Å². The van der Waals surface area contributed by atoms with Crippen LogP contribution in [0.3, 0.4) is 0 Å². The number of terminal acetylenes is 1. The lowest BCUT2D eigenvalue weighted by atomic mass is 10.00. The molecule has 1 unspecified atom stereocenters. The van der Waals surface area contributed by atoms with Gasteiger partial charge in [0, 0.05) is 39.1 Å². The highest BCUT2D eigenvalue weighted by Gasteiger charge is 2.32. The Morgan fingerprint density at radius 1 is 0.720 bits per heavy atom. The monoisotopic (exact) mass is 712 g/mol. The van der Waals surface area contributed by atoms with Gasteiger partial charge in [0.1, 0.15) is 18.7 Å². The molecule has 2 N–H and O–H groups in total. The van der Waals surface area contributed by atoms with Crippen LogP contribution in [0.2, 0.25) is 0 Å². The standard InChI is InChI=1S/C35H60N4O11/c1-6-9-11-29(34(43)45-4)36-31(40)26-28(33(42)37-30(12-10-7-2)35(44)46-5)27-38-14-16-39(17-15-38)32(41)13-19-48-21-23-50-25-24-49-22-20-47-18-8-3/h3,28-30H,6-7,9-27H2,1-2,4-5H3,(H,36,40)(H,37,42)/t28?,29-,30-/m0/s1.